The number of thioether (sulfide) groups is 1. The number of benzene rings is 2. The third kappa shape index (κ3) is 3.43. The van der Waals surface area contributed by atoms with E-state index in [9.17, 15) is 9.59 Å². The number of hydrogen-bond donors (Lipinski definition) is 1. The van der Waals surface area contributed by atoms with Gasteiger partial charge in [0.25, 0.3) is 5.91 Å². The first-order chi connectivity index (χ1) is 14.0. The van der Waals surface area contributed by atoms with E-state index in [1.165, 1.54) is 30.9 Å². The highest BCUT2D eigenvalue weighted by atomic mass is 35.5. The van der Waals surface area contributed by atoms with Crippen LogP contribution in [0.25, 0.3) is 0 Å². The summed E-state index contributed by atoms with van der Waals surface area (Å²) in [7, 11) is 3.01. The summed E-state index contributed by atoms with van der Waals surface area (Å²) < 4.78 is 10.8. The second kappa shape index (κ2) is 7.76. The summed E-state index contributed by atoms with van der Waals surface area (Å²) in [6.07, 6.45) is 0. The van der Waals surface area contributed by atoms with Crippen molar-refractivity contribution in [2.45, 2.75) is 0 Å². The minimum Gasteiger partial charge on any atom is -0.494 e. The highest BCUT2D eigenvalue weighted by Gasteiger charge is 2.35. The van der Waals surface area contributed by atoms with Gasteiger partial charge < -0.3 is 14.8 Å². The average molecular weight is 431 g/mol. The van der Waals surface area contributed by atoms with E-state index in [0.29, 0.717) is 38.6 Å². The maximum absolute atomic E-state index is 12.6. The number of ether oxygens (including phenoxy) is 2. The van der Waals surface area contributed by atoms with Gasteiger partial charge in [0.2, 0.25) is 5.91 Å². The molecule has 1 saturated heterocycles. The van der Waals surface area contributed by atoms with E-state index >= 15 is 0 Å². The number of halogens is 1. The Balaban J connectivity index is 1.78. The van der Waals surface area contributed by atoms with E-state index in [4.69, 9.17) is 21.1 Å². The lowest BCUT2D eigenvalue weighted by Gasteiger charge is -2.20. The van der Waals surface area contributed by atoms with Crippen molar-refractivity contribution >= 4 is 57.4 Å². The van der Waals surface area contributed by atoms with Crippen LogP contribution in [-0.4, -0.2) is 42.7 Å². The van der Waals surface area contributed by atoms with E-state index in [0.717, 1.165) is 0 Å². The lowest BCUT2D eigenvalue weighted by molar-refractivity contribution is -0.115. The van der Waals surface area contributed by atoms with E-state index < -0.39 is 0 Å². The number of anilines is 2. The minimum atomic E-state index is -0.387. The minimum absolute atomic E-state index is 0.127. The first kappa shape index (κ1) is 19.3. The number of amides is 2. The number of carbonyl (C=O) groups excluding carboxylic acids is 2. The second-order valence-electron chi connectivity index (χ2n) is 6.00. The quantitative estimate of drug-likeness (QED) is 0.752. The summed E-state index contributed by atoms with van der Waals surface area (Å²) in [5, 5.41) is 11.8. The zero-order chi connectivity index (χ0) is 20.5. The number of hydrogen-bond acceptors (Lipinski definition) is 7. The van der Waals surface area contributed by atoms with Gasteiger partial charge in [-0.15, -0.1) is 10.2 Å². The van der Waals surface area contributed by atoms with Gasteiger partial charge in [-0.25, -0.2) is 4.90 Å². The summed E-state index contributed by atoms with van der Waals surface area (Å²) in [5.41, 5.74) is 1.73. The topological polar surface area (TPSA) is 92.6 Å². The molecule has 2 aliphatic rings. The van der Waals surface area contributed by atoms with Crippen LogP contribution < -0.4 is 19.7 Å². The number of methoxy groups -OCH3 is 2. The van der Waals surface area contributed by atoms with Crippen molar-refractivity contribution in [1.82, 2.24) is 0 Å². The third-order valence-corrected chi connectivity index (χ3v) is 5.48. The summed E-state index contributed by atoms with van der Waals surface area (Å²) in [4.78, 5) is 26.3. The average Bonchev–Trinajstić information content (AvgIpc) is 3.24. The van der Waals surface area contributed by atoms with Gasteiger partial charge in [-0.1, -0.05) is 29.4 Å². The molecule has 8 nitrogen and oxygen atoms in total. The number of nitrogens with zero attached hydrogens (tertiary/aromatic N) is 3. The van der Waals surface area contributed by atoms with E-state index in [-0.39, 0.29) is 23.3 Å². The second-order valence-corrected chi connectivity index (χ2v) is 7.38. The molecular formula is C19H15ClN4O4S. The maximum Gasteiger partial charge on any atom is 0.276 e. The van der Waals surface area contributed by atoms with Crippen molar-refractivity contribution in [2.75, 3.05) is 30.2 Å². The van der Waals surface area contributed by atoms with Gasteiger partial charge in [-0.05, 0) is 30.3 Å². The Morgan fingerprint density at radius 2 is 1.83 bits per heavy atom. The molecule has 0 bridgehead atoms. The van der Waals surface area contributed by atoms with Crippen LogP contribution in [0.15, 0.2) is 46.6 Å². The van der Waals surface area contributed by atoms with Crippen LogP contribution in [0, 0.1) is 0 Å². The molecule has 0 atom stereocenters. The summed E-state index contributed by atoms with van der Waals surface area (Å²) in [5.74, 6) is 0.505. The van der Waals surface area contributed by atoms with Crippen LogP contribution in [0.2, 0.25) is 5.02 Å². The molecule has 2 amide bonds. The van der Waals surface area contributed by atoms with Crippen molar-refractivity contribution in [2.24, 2.45) is 10.2 Å². The Morgan fingerprint density at radius 1 is 1.10 bits per heavy atom. The molecule has 0 aromatic heterocycles. The van der Waals surface area contributed by atoms with Crippen LogP contribution in [-0.2, 0) is 9.59 Å². The molecule has 0 aliphatic carbocycles. The largest absolute Gasteiger partial charge is 0.494 e. The lowest BCUT2D eigenvalue weighted by Crippen LogP contribution is -2.30. The van der Waals surface area contributed by atoms with Crippen molar-refractivity contribution < 1.29 is 19.1 Å². The van der Waals surface area contributed by atoms with E-state index in [1.807, 2.05) is 0 Å². The molecule has 4 rings (SSSR count). The molecule has 29 heavy (non-hydrogen) atoms. The van der Waals surface area contributed by atoms with Crippen molar-refractivity contribution in [3.63, 3.8) is 0 Å². The predicted octanol–water partition coefficient (Wildman–Crippen LogP) is 3.15. The smallest absolute Gasteiger partial charge is 0.276 e. The first-order valence-electron chi connectivity index (χ1n) is 8.47. The number of nitrogens with one attached hydrogen (secondary N) is 1. The molecular weight excluding hydrogens is 416 g/mol. The van der Waals surface area contributed by atoms with Gasteiger partial charge in [0, 0.05) is 10.6 Å². The summed E-state index contributed by atoms with van der Waals surface area (Å²) in [6.45, 7) is 0. The molecule has 1 fully saturated rings. The molecule has 0 radical (unpaired) electrons. The van der Waals surface area contributed by atoms with Crippen molar-refractivity contribution in [3.8, 4) is 11.5 Å². The van der Waals surface area contributed by atoms with Gasteiger partial charge in [0.05, 0.1) is 25.7 Å². The Morgan fingerprint density at radius 3 is 2.52 bits per heavy atom. The van der Waals surface area contributed by atoms with Gasteiger partial charge in [-0.3, -0.25) is 9.59 Å². The van der Waals surface area contributed by atoms with Gasteiger partial charge in [-0.2, -0.15) is 0 Å². The normalized spacial score (nSPS) is 18.4. The van der Waals surface area contributed by atoms with Crippen LogP contribution >= 0.6 is 23.4 Å². The van der Waals surface area contributed by atoms with E-state index in [1.54, 1.807) is 36.4 Å². The van der Waals surface area contributed by atoms with Crippen LogP contribution in [0.5, 0.6) is 11.5 Å². The Bertz CT molecular complexity index is 1060. The molecule has 0 spiro atoms. The lowest BCUT2D eigenvalue weighted by atomic mass is 10.1. The Labute approximate surface area is 175 Å². The monoisotopic (exact) mass is 430 g/mol. The summed E-state index contributed by atoms with van der Waals surface area (Å²) in [6, 6.07) is 10.2. The Kier molecular flexibility index (Phi) is 5.16. The molecule has 10 heteroatoms. The zero-order valence-corrected chi connectivity index (χ0v) is 17.0. The highest BCUT2D eigenvalue weighted by molar-refractivity contribution is 8.15. The molecule has 2 aliphatic heterocycles. The number of carbonyl (C=O) groups is 2. The number of fused-ring (bicyclic) bond motifs is 1. The molecule has 148 valence electrons. The highest BCUT2D eigenvalue weighted by Crippen LogP contribution is 2.41. The number of para-hydroxylation sites is 1. The molecule has 2 aromatic carbocycles. The van der Waals surface area contributed by atoms with Gasteiger partial charge in [0.1, 0.15) is 17.2 Å². The molecule has 0 unspecified atom stereocenters. The van der Waals surface area contributed by atoms with Gasteiger partial charge >= 0.3 is 0 Å². The molecule has 1 N–H and O–H groups in total. The molecule has 2 aromatic rings. The first-order valence-corrected chi connectivity index (χ1v) is 9.83. The summed E-state index contributed by atoms with van der Waals surface area (Å²) >= 11 is 7.25. The van der Waals surface area contributed by atoms with Crippen LogP contribution in [0.1, 0.15) is 5.56 Å². The van der Waals surface area contributed by atoms with Crippen LogP contribution in [0.4, 0.5) is 11.4 Å². The zero-order valence-electron chi connectivity index (χ0n) is 15.4. The predicted molar refractivity (Wildman–Crippen MR) is 114 cm³/mol. The Hall–Kier alpha value is -3.04. The van der Waals surface area contributed by atoms with E-state index in [2.05, 4.69) is 15.5 Å². The SMILES string of the molecule is COc1cccc(OC)c1N1C(=O)CSC1=NN=C1C(=O)Nc2ccc(Cl)cc21. The molecule has 2 heterocycles. The van der Waals surface area contributed by atoms with Crippen molar-refractivity contribution in [3.05, 3.63) is 47.0 Å². The fraction of sp³-hybridized carbons (Fsp3) is 0.158. The molecule has 0 saturated carbocycles. The third-order valence-electron chi connectivity index (χ3n) is 4.33. The van der Waals surface area contributed by atoms with Crippen molar-refractivity contribution in [1.29, 1.82) is 0 Å². The number of amidine groups is 1. The fourth-order valence-corrected chi connectivity index (χ4v) is 4.00. The maximum atomic E-state index is 12.6. The fourth-order valence-electron chi connectivity index (χ4n) is 3.03. The standard InChI is InChI=1S/C19H15ClN4O4S/c1-27-13-4-3-5-14(28-2)17(13)24-15(25)9-29-19(24)23-22-16-11-8-10(20)6-7-12(11)21-18(16)26/h3-8H,9H2,1-2H3,(H,21,22,26). The van der Waals surface area contributed by atoms with Crippen LogP contribution in [0.3, 0.4) is 0 Å². The number of rotatable bonds is 4. The van der Waals surface area contributed by atoms with Gasteiger partial charge in [0.15, 0.2) is 10.9 Å².